The van der Waals surface area contributed by atoms with Crippen molar-refractivity contribution >= 4 is 14.4 Å². The third-order valence-electron chi connectivity index (χ3n) is 10.7. The summed E-state index contributed by atoms with van der Waals surface area (Å²) in [6, 6.07) is 16.7. The fourth-order valence-corrected chi connectivity index (χ4v) is 14.0. The third kappa shape index (κ3) is 6.96. The first-order valence-electron chi connectivity index (χ1n) is 17.6. The Balaban J connectivity index is 1.55. The number of benzene rings is 3. The van der Waals surface area contributed by atoms with Gasteiger partial charge in [-0.3, -0.25) is 0 Å². The van der Waals surface area contributed by atoms with Gasteiger partial charge in [0.15, 0.2) is 17.9 Å². The molecular weight excluding hydrogens is 641 g/mol. The van der Waals surface area contributed by atoms with Crippen molar-refractivity contribution in [2.45, 2.75) is 122 Å². The molecule has 49 heavy (non-hydrogen) atoms. The average Bonchev–Trinajstić information content (AvgIpc) is 3.26. The topological polar surface area (TPSA) is 68.2 Å². The van der Waals surface area contributed by atoms with Gasteiger partial charge in [0.25, 0.3) is 0 Å². The summed E-state index contributed by atoms with van der Waals surface area (Å²) in [6.07, 6.45) is -1.62. The minimum absolute atomic E-state index is 0.205. The van der Waals surface area contributed by atoms with Gasteiger partial charge in [-0.25, -0.2) is 13.6 Å². The molecule has 2 aliphatic rings. The first-order valence-corrected chi connectivity index (χ1v) is 19.7. The predicted octanol–water partition coefficient (Wildman–Crippen LogP) is 10.3. The lowest BCUT2D eigenvalue weighted by molar-refractivity contribution is -0.196. The molecule has 0 bridgehead atoms. The molecule has 266 valence electrons. The number of halogens is 2. The van der Waals surface area contributed by atoms with E-state index in [4.69, 9.17) is 13.9 Å². The van der Waals surface area contributed by atoms with Crippen LogP contribution in [0.1, 0.15) is 109 Å². The number of rotatable bonds is 8. The van der Waals surface area contributed by atoms with Crippen molar-refractivity contribution in [2.24, 2.45) is 0 Å². The summed E-state index contributed by atoms with van der Waals surface area (Å²) in [4.78, 5) is 15.0. The first-order chi connectivity index (χ1) is 22.9. The number of carbonyl (C=O) groups is 1. The zero-order valence-corrected chi connectivity index (χ0v) is 31.7. The Hall–Kier alpha value is -3.11. The van der Waals surface area contributed by atoms with E-state index in [0.29, 0.717) is 28.8 Å². The Morgan fingerprint density at radius 3 is 2.22 bits per heavy atom. The second kappa shape index (κ2) is 13.9. The quantitative estimate of drug-likeness (QED) is 0.238. The number of amides is 1. The number of hydrogen-bond donors (Lipinski definition) is 1. The molecule has 3 aromatic rings. The van der Waals surface area contributed by atoms with E-state index in [1.54, 1.807) is 4.90 Å². The average molecular weight is 694 g/mol. The largest absolute Gasteiger partial charge is 0.444 e. The molecule has 3 aromatic carbocycles. The first kappa shape index (κ1) is 37.1. The van der Waals surface area contributed by atoms with Crippen molar-refractivity contribution in [1.29, 1.82) is 0 Å². The van der Waals surface area contributed by atoms with Crippen molar-refractivity contribution in [3.63, 3.8) is 0 Å². The number of ether oxygens (including phenoxy) is 2. The van der Waals surface area contributed by atoms with Crippen LogP contribution in [-0.4, -0.2) is 43.1 Å². The Kier molecular flexibility index (Phi) is 10.5. The van der Waals surface area contributed by atoms with Gasteiger partial charge in [-0.2, -0.15) is 0 Å². The molecule has 5 rings (SSSR count). The number of piperidine rings is 1. The standard InChI is InChI=1S/C40H53F2NO5Si/c1-24(2)49(25(3)4,26(5)6)46-23-29-13-11-12-14-31(29)28-15-16-30(27(7)19-28)34-22-43(38(45)48-39(8,9)10)18-17-40(34)33-21-36(42)35(41)20-32(33)37(44)47-40/h11-16,19-21,24-26,34,37,44H,17-18,22-23H2,1-10H3/t34-,37?,40+/m1/s1. The number of aliphatic hydroxyl groups excluding tert-OH is 1. The Morgan fingerprint density at radius 1 is 0.980 bits per heavy atom. The molecule has 1 N–H and O–H groups in total. The summed E-state index contributed by atoms with van der Waals surface area (Å²) in [5.74, 6) is -2.55. The van der Waals surface area contributed by atoms with Gasteiger partial charge in [0.2, 0.25) is 8.32 Å². The Labute approximate surface area is 291 Å². The lowest BCUT2D eigenvalue weighted by Gasteiger charge is -2.46. The summed E-state index contributed by atoms with van der Waals surface area (Å²) < 4.78 is 48.2. The van der Waals surface area contributed by atoms with Gasteiger partial charge in [-0.15, -0.1) is 0 Å². The number of fused-ring (bicyclic) bond motifs is 2. The molecule has 1 saturated heterocycles. The number of aryl methyl sites for hydroxylation is 1. The van der Waals surface area contributed by atoms with Gasteiger partial charge in [0.1, 0.15) is 11.2 Å². The van der Waals surface area contributed by atoms with Crippen LogP contribution in [0.4, 0.5) is 13.6 Å². The van der Waals surface area contributed by atoms with E-state index in [0.717, 1.165) is 39.9 Å². The number of aliphatic hydroxyl groups is 1. The van der Waals surface area contributed by atoms with Gasteiger partial charge < -0.3 is 23.9 Å². The van der Waals surface area contributed by atoms with Crippen LogP contribution in [0.3, 0.4) is 0 Å². The molecule has 0 saturated carbocycles. The summed E-state index contributed by atoms with van der Waals surface area (Å²) in [6.45, 7) is 22.2. The normalized spacial score (nSPS) is 21.3. The SMILES string of the molecule is Cc1cc(-c2ccccc2CO[Si](C(C)C)(C(C)C)C(C)C)ccc1[C@H]1CN(C(=O)OC(C)(C)C)CC[C@@]12OC(O)c1cc(F)c(F)cc12. The van der Waals surface area contributed by atoms with Crippen LogP contribution in [0.2, 0.25) is 16.6 Å². The van der Waals surface area contributed by atoms with E-state index in [1.807, 2.05) is 45.9 Å². The summed E-state index contributed by atoms with van der Waals surface area (Å²) >= 11 is 0. The summed E-state index contributed by atoms with van der Waals surface area (Å²) in [5.41, 5.74) is 5.22. The van der Waals surface area contributed by atoms with Crippen molar-refractivity contribution in [2.75, 3.05) is 13.1 Å². The van der Waals surface area contributed by atoms with E-state index < -0.39 is 49.5 Å². The van der Waals surface area contributed by atoms with Crippen LogP contribution in [0.15, 0.2) is 54.6 Å². The van der Waals surface area contributed by atoms with Crippen LogP contribution < -0.4 is 0 Å². The summed E-state index contributed by atoms with van der Waals surface area (Å²) in [5, 5.41) is 11.0. The maximum atomic E-state index is 14.8. The van der Waals surface area contributed by atoms with Gasteiger partial charge in [0, 0.05) is 24.6 Å². The minimum atomic E-state index is -2.10. The highest BCUT2D eigenvalue weighted by Gasteiger charge is 2.54. The smallest absolute Gasteiger partial charge is 0.410 e. The van der Waals surface area contributed by atoms with E-state index in [-0.39, 0.29) is 25.1 Å². The van der Waals surface area contributed by atoms with E-state index in [2.05, 4.69) is 65.8 Å². The number of likely N-dealkylation sites (tertiary alicyclic amines) is 1. The predicted molar refractivity (Wildman–Crippen MR) is 192 cm³/mol. The molecule has 0 radical (unpaired) electrons. The van der Waals surface area contributed by atoms with Crippen molar-refractivity contribution < 1.29 is 32.6 Å². The molecule has 1 spiro atoms. The molecule has 3 atom stereocenters. The van der Waals surface area contributed by atoms with Crippen LogP contribution in [-0.2, 0) is 26.1 Å². The molecule has 2 heterocycles. The van der Waals surface area contributed by atoms with E-state index in [1.165, 1.54) is 0 Å². The van der Waals surface area contributed by atoms with Crippen LogP contribution in [0, 0.1) is 18.6 Å². The van der Waals surface area contributed by atoms with Crippen LogP contribution in [0.5, 0.6) is 0 Å². The third-order valence-corrected chi connectivity index (χ3v) is 16.7. The highest BCUT2D eigenvalue weighted by atomic mass is 28.4. The molecule has 0 aromatic heterocycles. The molecular formula is C40H53F2NO5Si. The van der Waals surface area contributed by atoms with Gasteiger partial charge in [-0.05, 0) is 96.3 Å². The highest BCUT2D eigenvalue weighted by molar-refractivity contribution is 6.77. The molecule has 9 heteroatoms. The zero-order chi connectivity index (χ0) is 36.1. The van der Waals surface area contributed by atoms with Gasteiger partial charge in [0.05, 0.1) is 6.61 Å². The summed E-state index contributed by atoms with van der Waals surface area (Å²) in [7, 11) is -2.10. The Morgan fingerprint density at radius 2 is 1.61 bits per heavy atom. The van der Waals surface area contributed by atoms with Crippen molar-refractivity contribution in [1.82, 2.24) is 4.90 Å². The fraction of sp³-hybridized carbons (Fsp3) is 0.525. The Bertz CT molecular complexity index is 1660. The van der Waals surface area contributed by atoms with E-state index in [9.17, 15) is 18.7 Å². The zero-order valence-electron chi connectivity index (χ0n) is 30.7. The number of nitrogens with zero attached hydrogens (tertiary/aromatic N) is 1. The highest BCUT2D eigenvalue weighted by Crippen LogP contribution is 2.55. The molecule has 6 nitrogen and oxygen atoms in total. The van der Waals surface area contributed by atoms with Crippen molar-refractivity contribution in [3.05, 3.63) is 94.0 Å². The lowest BCUT2D eigenvalue weighted by Crippen LogP contribution is -2.51. The fourth-order valence-electron chi connectivity index (χ4n) is 8.56. The maximum Gasteiger partial charge on any atom is 0.410 e. The molecule has 1 amide bonds. The second-order valence-corrected chi connectivity index (χ2v) is 21.2. The van der Waals surface area contributed by atoms with Gasteiger partial charge >= 0.3 is 6.09 Å². The molecule has 0 aliphatic carbocycles. The lowest BCUT2D eigenvalue weighted by atomic mass is 9.71. The van der Waals surface area contributed by atoms with E-state index >= 15 is 0 Å². The molecule has 1 fully saturated rings. The molecule has 1 unspecified atom stereocenters. The van der Waals surface area contributed by atoms with Crippen LogP contribution >= 0.6 is 0 Å². The minimum Gasteiger partial charge on any atom is -0.444 e. The number of hydrogen-bond acceptors (Lipinski definition) is 5. The number of carbonyl (C=O) groups excluding carboxylic acids is 1. The maximum absolute atomic E-state index is 14.8. The second-order valence-electron chi connectivity index (χ2n) is 15.8. The monoisotopic (exact) mass is 693 g/mol. The van der Waals surface area contributed by atoms with Crippen LogP contribution in [0.25, 0.3) is 11.1 Å². The van der Waals surface area contributed by atoms with Crippen molar-refractivity contribution in [3.8, 4) is 11.1 Å². The molecule has 2 aliphatic heterocycles. The van der Waals surface area contributed by atoms with Gasteiger partial charge in [-0.1, -0.05) is 84.0 Å².